The molecule has 33 heavy (non-hydrogen) atoms. The first-order valence-corrected chi connectivity index (χ1v) is 10.7. The van der Waals surface area contributed by atoms with Gasteiger partial charge in [-0.25, -0.2) is 14.6 Å². The molecule has 9 heteroatoms. The summed E-state index contributed by atoms with van der Waals surface area (Å²) in [6.07, 6.45) is 3.14. The Morgan fingerprint density at radius 2 is 1.67 bits per heavy atom. The van der Waals surface area contributed by atoms with Gasteiger partial charge in [-0.15, -0.1) is 0 Å². The zero-order chi connectivity index (χ0) is 23.1. The van der Waals surface area contributed by atoms with E-state index in [0.29, 0.717) is 33.3 Å². The molecule has 0 saturated heterocycles. The quantitative estimate of drug-likeness (QED) is 0.417. The Balaban J connectivity index is 1.56. The molecular weight excluding hydrogens is 438 g/mol. The zero-order valence-electron chi connectivity index (χ0n) is 18.2. The van der Waals surface area contributed by atoms with Crippen molar-refractivity contribution in [3.05, 3.63) is 88.5 Å². The molecule has 0 aliphatic carbocycles. The van der Waals surface area contributed by atoms with Gasteiger partial charge >= 0.3 is 0 Å². The number of anilines is 1. The molecule has 5 rings (SSSR count). The van der Waals surface area contributed by atoms with Crippen LogP contribution < -0.4 is 5.32 Å². The first kappa shape index (κ1) is 20.8. The molecule has 0 bridgehead atoms. The van der Waals surface area contributed by atoms with E-state index in [9.17, 15) is 4.79 Å². The first-order valence-electron chi connectivity index (χ1n) is 10.3. The van der Waals surface area contributed by atoms with Gasteiger partial charge in [0.2, 0.25) is 0 Å². The standard InChI is InChI=1S/C24H20ClN7O/c1-14-8-15(2)10-17(9-14)24(33)29-21-11-16(3)30-32(21)23-20-12-28-31(22(20)26-13-27-23)19-6-4-18(25)5-7-19/h4-13H,1-3H3,(H,29,33). The number of carbonyl (C=O) groups excluding carboxylic acids is 1. The van der Waals surface area contributed by atoms with Gasteiger partial charge in [0.1, 0.15) is 12.1 Å². The lowest BCUT2D eigenvalue weighted by Gasteiger charge is -2.10. The van der Waals surface area contributed by atoms with Gasteiger partial charge in [-0.1, -0.05) is 28.8 Å². The fourth-order valence-corrected chi connectivity index (χ4v) is 3.94. The van der Waals surface area contributed by atoms with Crippen LogP contribution in [0.2, 0.25) is 5.02 Å². The largest absolute Gasteiger partial charge is 0.306 e. The SMILES string of the molecule is Cc1cc(C)cc(C(=O)Nc2cc(C)nn2-c2ncnc3c2cnn3-c2ccc(Cl)cc2)c1. The molecule has 0 aliphatic rings. The Bertz CT molecular complexity index is 1480. The van der Waals surface area contributed by atoms with Crippen LogP contribution >= 0.6 is 11.6 Å². The van der Waals surface area contributed by atoms with Crippen molar-refractivity contribution in [2.75, 3.05) is 5.32 Å². The van der Waals surface area contributed by atoms with Crippen LogP contribution in [0.25, 0.3) is 22.5 Å². The molecule has 1 amide bonds. The highest BCUT2D eigenvalue weighted by Gasteiger charge is 2.18. The molecule has 8 nitrogen and oxygen atoms in total. The number of aromatic nitrogens is 6. The molecule has 3 aromatic heterocycles. The number of halogens is 1. The van der Waals surface area contributed by atoms with Crippen LogP contribution in [0.15, 0.2) is 61.1 Å². The molecule has 0 unspecified atom stereocenters. The Labute approximate surface area is 194 Å². The van der Waals surface area contributed by atoms with Crippen molar-refractivity contribution in [3.8, 4) is 11.5 Å². The highest BCUT2D eigenvalue weighted by molar-refractivity contribution is 6.30. The summed E-state index contributed by atoms with van der Waals surface area (Å²) in [5.41, 5.74) is 4.80. The second-order valence-electron chi connectivity index (χ2n) is 7.88. The Hall–Kier alpha value is -4.04. The minimum absolute atomic E-state index is 0.217. The predicted molar refractivity (Wildman–Crippen MR) is 127 cm³/mol. The van der Waals surface area contributed by atoms with Crippen LogP contribution in [-0.2, 0) is 0 Å². The second-order valence-corrected chi connectivity index (χ2v) is 8.32. The molecule has 1 N–H and O–H groups in total. The van der Waals surface area contributed by atoms with Gasteiger partial charge in [-0.3, -0.25) is 4.79 Å². The van der Waals surface area contributed by atoms with E-state index in [2.05, 4.69) is 25.5 Å². The summed E-state index contributed by atoms with van der Waals surface area (Å²) in [4.78, 5) is 21.8. The van der Waals surface area contributed by atoms with Gasteiger partial charge in [0.25, 0.3) is 5.91 Å². The van der Waals surface area contributed by atoms with Crippen molar-refractivity contribution in [2.45, 2.75) is 20.8 Å². The van der Waals surface area contributed by atoms with E-state index in [-0.39, 0.29) is 5.91 Å². The van der Waals surface area contributed by atoms with Crippen LogP contribution in [0.5, 0.6) is 0 Å². The fraction of sp³-hybridized carbons (Fsp3) is 0.125. The minimum atomic E-state index is -0.217. The summed E-state index contributed by atoms with van der Waals surface area (Å²) in [5, 5.41) is 13.4. The molecule has 2 aromatic carbocycles. The summed E-state index contributed by atoms with van der Waals surface area (Å²) in [6, 6.07) is 14.9. The third kappa shape index (κ3) is 3.96. The molecular formula is C24H20ClN7O. The van der Waals surface area contributed by atoms with Crippen LogP contribution in [0.4, 0.5) is 5.82 Å². The number of aryl methyl sites for hydroxylation is 3. The summed E-state index contributed by atoms with van der Waals surface area (Å²) < 4.78 is 3.31. The van der Waals surface area contributed by atoms with Crippen molar-refractivity contribution in [1.82, 2.24) is 29.5 Å². The van der Waals surface area contributed by atoms with Gasteiger partial charge in [0.15, 0.2) is 11.5 Å². The topological polar surface area (TPSA) is 90.5 Å². The van der Waals surface area contributed by atoms with E-state index in [1.165, 1.54) is 6.33 Å². The molecule has 0 aliphatic heterocycles. The molecule has 0 atom stereocenters. The van der Waals surface area contributed by atoms with Crippen molar-refractivity contribution < 1.29 is 4.79 Å². The number of rotatable bonds is 4. The fourth-order valence-electron chi connectivity index (χ4n) is 3.82. The second kappa shape index (κ2) is 8.14. The van der Waals surface area contributed by atoms with Crippen LogP contribution in [0.1, 0.15) is 27.2 Å². The predicted octanol–water partition coefficient (Wildman–Crippen LogP) is 4.83. The van der Waals surface area contributed by atoms with Crippen LogP contribution in [0, 0.1) is 20.8 Å². The number of hydrogen-bond donors (Lipinski definition) is 1. The number of fused-ring (bicyclic) bond motifs is 1. The highest BCUT2D eigenvalue weighted by Crippen LogP contribution is 2.25. The molecule has 164 valence electrons. The highest BCUT2D eigenvalue weighted by atomic mass is 35.5. The van der Waals surface area contributed by atoms with E-state index in [1.54, 1.807) is 33.8 Å². The molecule has 0 saturated carbocycles. The Kier molecular flexibility index (Phi) is 5.14. The lowest BCUT2D eigenvalue weighted by molar-refractivity contribution is 0.102. The van der Waals surface area contributed by atoms with E-state index in [1.807, 2.05) is 51.1 Å². The lowest BCUT2D eigenvalue weighted by Crippen LogP contribution is -2.16. The van der Waals surface area contributed by atoms with Gasteiger partial charge in [-0.2, -0.15) is 14.9 Å². The third-order valence-electron chi connectivity index (χ3n) is 5.17. The number of amides is 1. The third-order valence-corrected chi connectivity index (χ3v) is 5.43. The average molecular weight is 458 g/mol. The Morgan fingerprint density at radius 1 is 0.939 bits per heavy atom. The lowest BCUT2D eigenvalue weighted by atomic mass is 10.1. The maximum absolute atomic E-state index is 13.0. The van der Waals surface area contributed by atoms with Crippen molar-refractivity contribution in [1.29, 1.82) is 0 Å². The number of nitrogens with one attached hydrogen (secondary N) is 1. The number of hydrogen-bond acceptors (Lipinski definition) is 5. The van der Waals surface area contributed by atoms with Crippen molar-refractivity contribution in [2.24, 2.45) is 0 Å². The number of benzene rings is 2. The minimum Gasteiger partial charge on any atom is -0.306 e. The van der Waals surface area contributed by atoms with Gasteiger partial charge in [0.05, 0.1) is 23.0 Å². The zero-order valence-corrected chi connectivity index (χ0v) is 19.0. The van der Waals surface area contributed by atoms with E-state index in [4.69, 9.17) is 11.6 Å². The summed E-state index contributed by atoms with van der Waals surface area (Å²) in [6.45, 7) is 5.79. The number of nitrogens with zero attached hydrogens (tertiary/aromatic N) is 6. The maximum Gasteiger partial charge on any atom is 0.256 e. The van der Waals surface area contributed by atoms with E-state index < -0.39 is 0 Å². The Morgan fingerprint density at radius 3 is 2.39 bits per heavy atom. The first-order chi connectivity index (χ1) is 15.9. The van der Waals surface area contributed by atoms with Gasteiger partial charge in [0, 0.05) is 16.7 Å². The molecule has 0 radical (unpaired) electrons. The van der Waals surface area contributed by atoms with Gasteiger partial charge < -0.3 is 5.32 Å². The normalized spacial score (nSPS) is 11.2. The van der Waals surface area contributed by atoms with Crippen molar-refractivity contribution >= 4 is 34.4 Å². The molecule has 0 spiro atoms. The average Bonchev–Trinajstić information content (AvgIpc) is 3.37. The summed E-state index contributed by atoms with van der Waals surface area (Å²) >= 11 is 6.02. The van der Waals surface area contributed by atoms with Crippen LogP contribution in [-0.4, -0.2) is 35.4 Å². The summed E-state index contributed by atoms with van der Waals surface area (Å²) in [5.74, 6) is 0.810. The number of carbonyl (C=O) groups is 1. The maximum atomic E-state index is 13.0. The molecule has 3 heterocycles. The summed E-state index contributed by atoms with van der Waals surface area (Å²) in [7, 11) is 0. The monoisotopic (exact) mass is 457 g/mol. The molecule has 5 aromatic rings. The van der Waals surface area contributed by atoms with Gasteiger partial charge in [-0.05, 0) is 57.2 Å². The molecule has 0 fully saturated rings. The van der Waals surface area contributed by atoms with Crippen molar-refractivity contribution in [3.63, 3.8) is 0 Å². The van der Waals surface area contributed by atoms with E-state index >= 15 is 0 Å². The van der Waals surface area contributed by atoms with E-state index in [0.717, 1.165) is 22.5 Å². The smallest absolute Gasteiger partial charge is 0.256 e. The van der Waals surface area contributed by atoms with Crippen LogP contribution in [0.3, 0.4) is 0 Å².